The Morgan fingerprint density at radius 2 is 1.79 bits per heavy atom. The lowest BCUT2D eigenvalue weighted by Crippen LogP contribution is -2.01. The fraction of sp³-hybridized carbons (Fsp3) is 0.100. The van der Waals surface area contributed by atoms with Crippen LogP contribution in [-0.2, 0) is 0 Å². The molecule has 8 nitrogen and oxygen atoms in total. The lowest BCUT2D eigenvalue weighted by atomic mass is 9.98. The SMILES string of the molecule is COc1ccc(OC)c(-c2cc(-c3ccc([N+](=O)[O-])cc3)c(C#N)c(N)n2)c1. The third-order valence-corrected chi connectivity index (χ3v) is 4.23. The number of nitriles is 1. The van der Waals surface area contributed by atoms with Crippen LogP contribution in [0.3, 0.4) is 0 Å². The van der Waals surface area contributed by atoms with Crippen LogP contribution >= 0.6 is 0 Å². The summed E-state index contributed by atoms with van der Waals surface area (Å²) < 4.78 is 10.7. The summed E-state index contributed by atoms with van der Waals surface area (Å²) in [6.07, 6.45) is 0. The van der Waals surface area contributed by atoms with E-state index in [1.807, 2.05) is 0 Å². The van der Waals surface area contributed by atoms with Crippen molar-refractivity contribution in [2.45, 2.75) is 0 Å². The number of nitrogens with zero attached hydrogens (tertiary/aromatic N) is 3. The molecular formula is C20H16N4O4. The molecule has 0 atom stereocenters. The number of anilines is 1. The summed E-state index contributed by atoms with van der Waals surface area (Å²) in [7, 11) is 3.09. The van der Waals surface area contributed by atoms with E-state index >= 15 is 0 Å². The number of hydrogen-bond donors (Lipinski definition) is 1. The van der Waals surface area contributed by atoms with Gasteiger partial charge in [-0.25, -0.2) is 4.98 Å². The number of rotatable bonds is 5. The van der Waals surface area contributed by atoms with Crippen molar-refractivity contribution in [3.05, 3.63) is 64.2 Å². The maximum atomic E-state index is 10.9. The highest BCUT2D eigenvalue weighted by molar-refractivity contribution is 5.82. The molecule has 2 aromatic carbocycles. The molecule has 8 heteroatoms. The Morgan fingerprint density at radius 3 is 2.36 bits per heavy atom. The number of non-ortho nitro benzene ring substituents is 1. The second-order valence-corrected chi connectivity index (χ2v) is 5.80. The average Bonchev–Trinajstić information content (AvgIpc) is 2.72. The van der Waals surface area contributed by atoms with Gasteiger partial charge in [-0.05, 0) is 42.0 Å². The van der Waals surface area contributed by atoms with Gasteiger partial charge in [0.1, 0.15) is 28.9 Å². The molecule has 0 aliphatic heterocycles. The monoisotopic (exact) mass is 376 g/mol. The van der Waals surface area contributed by atoms with E-state index in [2.05, 4.69) is 11.1 Å². The van der Waals surface area contributed by atoms with E-state index in [9.17, 15) is 15.4 Å². The number of nitro benzene ring substituents is 1. The third-order valence-electron chi connectivity index (χ3n) is 4.23. The van der Waals surface area contributed by atoms with Crippen LogP contribution in [0.25, 0.3) is 22.4 Å². The quantitative estimate of drug-likeness (QED) is 0.530. The molecule has 0 unspecified atom stereocenters. The van der Waals surface area contributed by atoms with E-state index in [0.717, 1.165) is 0 Å². The average molecular weight is 376 g/mol. The first-order chi connectivity index (χ1) is 13.5. The molecule has 1 aromatic heterocycles. The normalized spacial score (nSPS) is 10.2. The molecule has 0 bridgehead atoms. The van der Waals surface area contributed by atoms with Crippen molar-refractivity contribution in [2.24, 2.45) is 0 Å². The van der Waals surface area contributed by atoms with Gasteiger partial charge in [-0.1, -0.05) is 0 Å². The highest BCUT2D eigenvalue weighted by Gasteiger charge is 2.17. The Kier molecular flexibility index (Phi) is 5.09. The fourth-order valence-electron chi connectivity index (χ4n) is 2.82. The Balaban J connectivity index is 2.22. The summed E-state index contributed by atoms with van der Waals surface area (Å²) in [5, 5.41) is 20.4. The van der Waals surface area contributed by atoms with Gasteiger partial charge in [-0.3, -0.25) is 10.1 Å². The standard InChI is InChI=1S/C20H16N4O4/c1-27-14-7-8-19(28-2)16(9-14)18-10-15(17(11-21)20(22)23-18)12-3-5-13(6-4-12)24(25)26/h3-10H,1-2H3,(H2,22,23). The molecule has 0 fully saturated rings. The number of nitrogens with two attached hydrogens (primary N) is 1. The van der Waals surface area contributed by atoms with Gasteiger partial charge in [0.05, 0.1) is 24.8 Å². The van der Waals surface area contributed by atoms with Crippen molar-refractivity contribution in [3.63, 3.8) is 0 Å². The van der Waals surface area contributed by atoms with Gasteiger partial charge in [0.15, 0.2) is 0 Å². The van der Waals surface area contributed by atoms with Crippen LogP contribution in [0.4, 0.5) is 11.5 Å². The lowest BCUT2D eigenvalue weighted by Gasteiger charge is -2.13. The number of aromatic nitrogens is 1. The van der Waals surface area contributed by atoms with E-state index in [1.54, 1.807) is 43.5 Å². The number of methoxy groups -OCH3 is 2. The summed E-state index contributed by atoms with van der Waals surface area (Å²) in [6, 6.07) is 14.9. The van der Waals surface area contributed by atoms with Gasteiger partial charge in [0, 0.05) is 23.3 Å². The smallest absolute Gasteiger partial charge is 0.269 e. The summed E-state index contributed by atoms with van der Waals surface area (Å²) in [5.74, 6) is 1.22. The highest BCUT2D eigenvalue weighted by atomic mass is 16.6. The second-order valence-electron chi connectivity index (χ2n) is 5.80. The lowest BCUT2D eigenvalue weighted by molar-refractivity contribution is -0.384. The van der Waals surface area contributed by atoms with Crippen LogP contribution in [0.1, 0.15) is 5.56 Å². The van der Waals surface area contributed by atoms with Crippen molar-refractivity contribution < 1.29 is 14.4 Å². The fourth-order valence-corrected chi connectivity index (χ4v) is 2.82. The van der Waals surface area contributed by atoms with Crippen LogP contribution in [0.2, 0.25) is 0 Å². The molecule has 140 valence electrons. The zero-order chi connectivity index (χ0) is 20.3. The summed E-state index contributed by atoms with van der Waals surface area (Å²) in [5.41, 5.74) is 8.44. The zero-order valence-electron chi connectivity index (χ0n) is 15.2. The molecule has 0 spiro atoms. The number of ether oxygens (including phenoxy) is 2. The third kappa shape index (κ3) is 3.41. The molecule has 0 saturated heterocycles. The summed E-state index contributed by atoms with van der Waals surface area (Å²) in [6.45, 7) is 0. The van der Waals surface area contributed by atoms with Crippen LogP contribution in [0, 0.1) is 21.4 Å². The van der Waals surface area contributed by atoms with Crippen molar-refractivity contribution >= 4 is 11.5 Å². The molecule has 0 aliphatic rings. The van der Waals surface area contributed by atoms with Crippen LogP contribution < -0.4 is 15.2 Å². The summed E-state index contributed by atoms with van der Waals surface area (Å²) in [4.78, 5) is 14.8. The molecule has 0 amide bonds. The number of hydrogen-bond acceptors (Lipinski definition) is 7. The van der Waals surface area contributed by atoms with Crippen molar-refractivity contribution in [2.75, 3.05) is 20.0 Å². The number of pyridine rings is 1. The molecule has 2 N–H and O–H groups in total. The van der Waals surface area contributed by atoms with E-state index in [1.165, 1.54) is 19.2 Å². The first kappa shape index (κ1) is 18.7. The number of nitro groups is 1. The van der Waals surface area contributed by atoms with Gasteiger partial charge in [0.25, 0.3) is 5.69 Å². The van der Waals surface area contributed by atoms with Gasteiger partial charge in [0.2, 0.25) is 0 Å². The molecule has 1 heterocycles. The van der Waals surface area contributed by atoms with Crippen molar-refractivity contribution in [1.82, 2.24) is 4.98 Å². The Labute approximate surface area is 160 Å². The minimum Gasteiger partial charge on any atom is -0.497 e. The molecule has 3 rings (SSSR count). The minimum atomic E-state index is -0.484. The van der Waals surface area contributed by atoms with Gasteiger partial charge >= 0.3 is 0 Å². The van der Waals surface area contributed by atoms with Gasteiger partial charge in [-0.2, -0.15) is 5.26 Å². The second kappa shape index (κ2) is 7.63. The molecule has 0 saturated carbocycles. The predicted molar refractivity (Wildman–Crippen MR) is 104 cm³/mol. The Bertz CT molecular complexity index is 1090. The van der Waals surface area contributed by atoms with Crippen molar-refractivity contribution in [3.8, 4) is 40.0 Å². The number of benzene rings is 2. The van der Waals surface area contributed by atoms with Crippen LogP contribution in [0.5, 0.6) is 11.5 Å². The Hall–Kier alpha value is -4.12. The topological polar surface area (TPSA) is 124 Å². The van der Waals surface area contributed by atoms with Gasteiger partial charge in [-0.15, -0.1) is 0 Å². The van der Waals surface area contributed by atoms with Crippen LogP contribution in [0.15, 0.2) is 48.5 Å². The molecule has 28 heavy (non-hydrogen) atoms. The molecule has 0 radical (unpaired) electrons. The molecule has 0 aliphatic carbocycles. The van der Waals surface area contributed by atoms with E-state index in [0.29, 0.717) is 33.9 Å². The number of nitrogen functional groups attached to an aromatic ring is 1. The maximum Gasteiger partial charge on any atom is 0.269 e. The zero-order valence-corrected chi connectivity index (χ0v) is 15.2. The Morgan fingerprint density at radius 1 is 1.07 bits per heavy atom. The van der Waals surface area contributed by atoms with E-state index in [4.69, 9.17) is 15.2 Å². The highest BCUT2D eigenvalue weighted by Crippen LogP contribution is 2.37. The minimum absolute atomic E-state index is 0.0426. The van der Waals surface area contributed by atoms with Gasteiger partial charge < -0.3 is 15.2 Å². The predicted octanol–water partition coefficient (Wildman–Crippen LogP) is 3.79. The first-order valence-corrected chi connectivity index (χ1v) is 8.16. The largest absolute Gasteiger partial charge is 0.497 e. The van der Waals surface area contributed by atoms with Crippen LogP contribution in [-0.4, -0.2) is 24.1 Å². The van der Waals surface area contributed by atoms with E-state index < -0.39 is 4.92 Å². The maximum absolute atomic E-state index is 10.9. The van der Waals surface area contributed by atoms with E-state index in [-0.39, 0.29) is 17.1 Å². The summed E-state index contributed by atoms with van der Waals surface area (Å²) >= 11 is 0. The van der Waals surface area contributed by atoms with Crippen molar-refractivity contribution in [1.29, 1.82) is 5.26 Å². The molecule has 3 aromatic rings. The first-order valence-electron chi connectivity index (χ1n) is 8.16. The molecular weight excluding hydrogens is 360 g/mol.